The summed E-state index contributed by atoms with van der Waals surface area (Å²) in [5, 5.41) is 0. The van der Waals surface area contributed by atoms with E-state index in [1.54, 1.807) is 0 Å². The van der Waals surface area contributed by atoms with Gasteiger partial charge in [-0.1, -0.05) is 54.6 Å². The molecule has 0 saturated carbocycles. The number of fused-ring (bicyclic) bond motifs is 1. The fourth-order valence-corrected chi connectivity index (χ4v) is 2.31. The van der Waals surface area contributed by atoms with Crippen LogP contribution in [0.5, 0.6) is 5.75 Å². The molecule has 1 heteroatoms. The van der Waals surface area contributed by atoms with Crippen molar-refractivity contribution in [3.63, 3.8) is 0 Å². The maximum absolute atomic E-state index is 5.96. The van der Waals surface area contributed by atoms with Gasteiger partial charge in [0.1, 0.15) is 12.4 Å². The van der Waals surface area contributed by atoms with Crippen LogP contribution in [0.25, 0.3) is 6.08 Å². The van der Waals surface area contributed by atoms with Crippen molar-refractivity contribution in [3.8, 4) is 5.75 Å². The predicted molar refractivity (Wildman–Crippen MR) is 74.6 cm³/mol. The van der Waals surface area contributed by atoms with Crippen LogP contribution in [0.2, 0.25) is 0 Å². The third-order valence-corrected chi connectivity index (χ3v) is 3.26. The molecule has 1 nitrogen and oxygen atoms in total. The van der Waals surface area contributed by atoms with Gasteiger partial charge in [0.15, 0.2) is 0 Å². The molecule has 0 fully saturated rings. The van der Waals surface area contributed by atoms with Crippen molar-refractivity contribution < 1.29 is 4.74 Å². The zero-order chi connectivity index (χ0) is 12.2. The highest BCUT2D eigenvalue weighted by atomic mass is 16.5. The summed E-state index contributed by atoms with van der Waals surface area (Å²) in [6, 6.07) is 16.6. The topological polar surface area (TPSA) is 9.23 Å². The minimum Gasteiger partial charge on any atom is -0.489 e. The van der Waals surface area contributed by atoms with Crippen molar-refractivity contribution in [1.82, 2.24) is 0 Å². The molecule has 2 aromatic rings. The van der Waals surface area contributed by atoms with Crippen LogP contribution in [-0.2, 0) is 13.0 Å². The minimum atomic E-state index is 0.640. The molecule has 0 spiro atoms. The van der Waals surface area contributed by atoms with Crippen LogP contribution in [0, 0.1) is 0 Å². The first-order valence-corrected chi connectivity index (χ1v) is 6.38. The maximum atomic E-state index is 5.96. The van der Waals surface area contributed by atoms with E-state index in [0.717, 1.165) is 18.6 Å². The number of hydrogen-bond acceptors (Lipinski definition) is 1. The molecule has 0 amide bonds. The van der Waals surface area contributed by atoms with E-state index in [2.05, 4.69) is 42.5 Å². The van der Waals surface area contributed by atoms with E-state index in [0.29, 0.717) is 6.61 Å². The van der Waals surface area contributed by atoms with Crippen LogP contribution in [0.3, 0.4) is 0 Å². The summed E-state index contributed by atoms with van der Waals surface area (Å²) < 4.78 is 5.96. The minimum absolute atomic E-state index is 0.640. The molecule has 2 aromatic carbocycles. The Hall–Kier alpha value is -2.02. The summed E-state index contributed by atoms with van der Waals surface area (Å²) >= 11 is 0. The zero-order valence-electron chi connectivity index (χ0n) is 10.3. The van der Waals surface area contributed by atoms with Crippen LogP contribution >= 0.6 is 0 Å². The second-order valence-electron chi connectivity index (χ2n) is 4.54. The highest BCUT2D eigenvalue weighted by Gasteiger charge is 2.10. The van der Waals surface area contributed by atoms with Crippen LogP contribution in [0.15, 0.2) is 54.6 Å². The van der Waals surface area contributed by atoms with E-state index in [1.807, 2.05) is 18.2 Å². The van der Waals surface area contributed by atoms with Gasteiger partial charge in [0, 0.05) is 5.56 Å². The van der Waals surface area contributed by atoms with E-state index in [9.17, 15) is 0 Å². The van der Waals surface area contributed by atoms with Gasteiger partial charge in [0.25, 0.3) is 0 Å². The monoisotopic (exact) mass is 236 g/mol. The lowest BCUT2D eigenvalue weighted by Crippen LogP contribution is -2.01. The van der Waals surface area contributed by atoms with Gasteiger partial charge in [-0.25, -0.2) is 0 Å². The SMILES string of the molecule is C1=Cc2cccc(OCc3ccccc3)c2CC1. The molecule has 0 atom stereocenters. The fraction of sp³-hybridized carbons (Fsp3) is 0.176. The molecule has 3 rings (SSSR count). The molecule has 90 valence electrons. The van der Waals surface area contributed by atoms with Crippen molar-refractivity contribution in [1.29, 1.82) is 0 Å². The van der Waals surface area contributed by atoms with Gasteiger partial charge in [-0.3, -0.25) is 0 Å². The molecular weight excluding hydrogens is 220 g/mol. The second kappa shape index (κ2) is 5.09. The molecule has 0 saturated heterocycles. The Kier molecular flexibility index (Phi) is 3.14. The van der Waals surface area contributed by atoms with E-state index < -0.39 is 0 Å². The van der Waals surface area contributed by atoms with E-state index >= 15 is 0 Å². The summed E-state index contributed by atoms with van der Waals surface area (Å²) in [6.45, 7) is 0.640. The molecule has 0 bridgehead atoms. The highest BCUT2D eigenvalue weighted by Crippen LogP contribution is 2.28. The molecule has 0 N–H and O–H groups in total. The Balaban J connectivity index is 1.79. The average molecular weight is 236 g/mol. The van der Waals surface area contributed by atoms with Crippen LogP contribution in [0.1, 0.15) is 23.1 Å². The molecule has 0 unspecified atom stereocenters. The third kappa shape index (κ3) is 2.30. The summed E-state index contributed by atoms with van der Waals surface area (Å²) in [6.07, 6.45) is 6.60. The maximum Gasteiger partial charge on any atom is 0.123 e. The van der Waals surface area contributed by atoms with Gasteiger partial charge in [-0.05, 0) is 30.0 Å². The van der Waals surface area contributed by atoms with Gasteiger partial charge in [0.05, 0.1) is 0 Å². The number of allylic oxidation sites excluding steroid dienone is 1. The molecular formula is C17H16O. The number of rotatable bonds is 3. The van der Waals surface area contributed by atoms with Gasteiger partial charge in [-0.2, -0.15) is 0 Å². The molecule has 0 heterocycles. The van der Waals surface area contributed by atoms with Crippen LogP contribution in [0.4, 0.5) is 0 Å². The van der Waals surface area contributed by atoms with Crippen molar-refractivity contribution in [2.45, 2.75) is 19.4 Å². The Morgan fingerprint density at radius 3 is 2.72 bits per heavy atom. The average Bonchev–Trinajstić information content (AvgIpc) is 2.46. The second-order valence-corrected chi connectivity index (χ2v) is 4.54. The number of benzene rings is 2. The summed E-state index contributed by atoms with van der Waals surface area (Å²) in [5.41, 5.74) is 3.85. The first-order valence-electron chi connectivity index (χ1n) is 6.38. The van der Waals surface area contributed by atoms with E-state index in [-0.39, 0.29) is 0 Å². The van der Waals surface area contributed by atoms with E-state index in [1.165, 1.54) is 16.7 Å². The smallest absolute Gasteiger partial charge is 0.123 e. The first-order chi connectivity index (χ1) is 8.93. The molecule has 1 aliphatic rings. The quantitative estimate of drug-likeness (QED) is 0.775. The van der Waals surface area contributed by atoms with Crippen molar-refractivity contribution in [2.75, 3.05) is 0 Å². The van der Waals surface area contributed by atoms with Gasteiger partial charge in [-0.15, -0.1) is 0 Å². The summed E-state index contributed by atoms with van der Waals surface area (Å²) in [4.78, 5) is 0. The van der Waals surface area contributed by atoms with Crippen LogP contribution in [-0.4, -0.2) is 0 Å². The van der Waals surface area contributed by atoms with Gasteiger partial charge < -0.3 is 4.74 Å². The lowest BCUT2D eigenvalue weighted by atomic mass is 9.96. The van der Waals surface area contributed by atoms with Crippen molar-refractivity contribution >= 4 is 6.08 Å². The number of ether oxygens (including phenoxy) is 1. The van der Waals surface area contributed by atoms with Gasteiger partial charge >= 0.3 is 0 Å². The van der Waals surface area contributed by atoms with Crippen LogP contribution < -0.4 is 4.74 Å². The zero-order valence-corrected chi connectivity index (χ0v) is 10.3. The predicted octanol–water partition coefficient (Wildman–Crippen LogP) is 4.23. The summed E-state index contributed by atoms with van der Waals surface area (Å²) in [5.74, 6) is 1.03. The Morgan fingerprint density at radius 1 is 0.944 bits per heavy atom. The highest BCUT2D eigenvalue weighted by molar-refractivity contribution is 5.60. The van der Waals surface area contributed by atoms with Gasteiger partial charge in [0.2, 0.25) is 0 Å². The molecule has 0 aliphatic heterocycles. The van der Waals surface area contributed by atoms with Crippen molar-refractivity contribution in [3.05, 3.63) is 71.3 Å². The van der Waals surface area contributed by atoms with Crippen molar-refractivity contribution in [2.24, 2.45) is 0 Å². The Labute approximate surface area is 108 Å². The third-order valence-electron chi connectivity index (χ3n) is 3.26. The number of hydrogen-bond donors (Lipinski definition) is 0. The Bertz CT molecular complexity index is 555. The standard InChI is InChI=1S/C17H16O/c1-2-7-14(8-3-1)13-18-17-12-6-10-15-9-4-5-11-16(15)17/h1-4,6-10,12H,5,11,13H2. The largest absolute Gasteiger partial charge is 0.489 e. The van der Waals surface area contributed by atoms with E-state index in [4.69, 9.17) is 4.74 Å². The summed E-state index contributed by atoms with van der Waals surface area (Å²) in [7, 11) is 0. The Morgan fingerprint density at radius 2 is 1.83 bits per heavy atom. The normalized spacial score (nSPS) is 13.1. The lowest BCUT2D eigenvalue weighted by molar-refractivity contribution is 0.303. The first kappa shape index (κ1) is 11.1. The molecule has 1 aliphatic carbocycles. The molecule has 0 radical (unpaired) electrons. The molecule has 0 aromatic heterocycles. The lowest BCUT2D eigenvalue weighted by Gasteiger charge is -2.16. The fourth-order valence-electron chi connectivity index (χ4n) is 2.31. The molecule has 18 heavy (non-hydrogen) atoms.